The summed E-state index contributed by atoms with van der Waals surface area (Å²) in [5, 5.41) is 0. The average molecular weight is 246 g/mol. The van der Waals surface area contributed by atoms with E-state index in [0.717, 1.165) is 5.75 Å². The van der Waals surface area contributed by atoms with Crippen LogP contribution in [-0.4, -0.2) is 5.75 Å². The minimum Gasteiger partial charge on any atom is -0.122 e. The standard InChI is InChI=1S/C16H22S/c1-4-5-9-15(12-14(2)3)13-17-16-10-7-6-8-11-16/h6-8,10-11H,4-5,9,13H2,1-3H3. The molecule has 0 unspecified atom stereocenters. The zero-order valence-electron chi connectivity index (χ0n) is 11.1. The monoisotopic (exact) mass is 246 g/mol. The number of hydrogen-bond donors (Lipinski definition) is 0. The molecule has 0 bridgehead atoms. The third-order valence-corrected chi connectivity index (χ3v) is 3.51. The zero-order valence-corrected chi connectivity index (χ0v) is 11.9. The van der Waals surface area contributed by atoms with Crippen molar-refractivity contribution in [1.82, 2.24) is 0 Å². The van der Waals surface area contributed by atoms with Crippen LogP contribution >= 0.6 is 11.8 Å². The van der Waals surface area contributed by atoms with E-state index in [9.17, 15) is 0 Å². The van der Waals surface area contributed by atoms with E-state index in [1.165, 1.54) is 35.3 Å². The summed E-state index contributed by atoms with van der Waals surface area (Å²) in [7, 11) is 0. The maximum atomic E-state index is 3.50. The lowest BCUT2D eigenvalue weighted by Gasteiger charge is -2.04. The second-order valence-corrected chi connectivity index (χ2v) is 5.48. The van der Waals surface area contributed by atoms with E-state index in [1.54, 1.807) is 0 Å². The Morgan fingerprint density at radius 1 is 1.18 bits per heavy atom. The summed E-state index contributed by atoms with van der Waals surface area (Å²) < 4.78 is 0. The maximum absolute atomic E-state index is 3.50. The van der Waals surface area contributed by atoms with Gasteiger partial charge in [0.2, 0.25) is 0 Å². The summed E-state index contributed by atoms with van der Waals surface area (Å²) in [6, 6.07) is 10.6. The highest BCUT2D eigenvalue weighted by atomic mass is 32.2. The molecule has 0 radical (unpaired) electrons. The molecule has 0 aromatic heterocycles. The Bertz CT molecular complexity index is 379. The first-order chi connectivity index (χ1) is 8.22. The molecule has 0 atom stereocenters. The van der Waals surface area contributed by atoms with Gasteiger partial charge in [-0.05, 0) is 50.0 Å². The second-order valence-electron chi connectivity index (χ2n) is 4.43. The van der Waals surface area contributed by atoms with Gasteiger partial charge in [-0.3, -0.25) is 0 Å². The highest BCUT2D eigenvalue weighted by molar-refractivity contribution is 7.99. The van der Waals surface area contributed by atoms with Crippen molar-refractivity contribution in [2.45, 2.75) is 44.9 Å². The van der Waals surface area contributed by atoms with Gasteiger partial charge >= 0.3 is 0 Å². The van der Waals surface area contributed by atoms with Crippen LogP contribution in [0.5, 0.6) is 0 Å². The lowest BCUT2D eigenvalue weighted by molar-refractivity contribution is 0.789. The highest BCUT2D eigenvalue weighted by Gasteiger charge is 1.99. The molecule has 92 valence electrons. The molecule has 0 heterocycles. The van der Waals surface area contributed by atoms with Gasteiger partial charge in [0.25, 0.3) is 0 Å². The van der Waals surface area contributed by atoms with Crippen molar-refractivity contribution in [1.29, 1.82) is 0 Å². The molecule has 1 rings (SSSR count). The van der Waals surface area contributed by atoms with Gasteiger partial charge in [0.15, 0.2) is 0 Å². The van der Waals surface area contributed by atoms with Crippen LogP contribution in [0.2, 0.25) is 0 Å². The van der Waals surface area contributed by atoms with Crippen LogP contribution in [0.3, 0.4) is 0 Å². The number of rotatable bonds is 6. The van der Waals surface area contributed by atoms with Gasteiger partial charge < -0.3 is 0 Å². The molecule has 0 aliphatic carbocycles. The van der Waals surface area contributed by atoms with E-state index in [4.69, 9.17) is 0 Å². The number of thioether (sulfide) groups is 1. The van der Waals surface area contributed by atoms with E-state index in [1.807, 2.05) is 11.8 Å². The molecule has 0 fully saturated rings. The van der Waals surface area contributed by atoms with Gasteiger partial charge in [0.1, 0.15) is 0 Å². The molecular weight excluding hydrogens is 224 g/mol. The van der Waals surface area contributed by atoms with E-state index < -0.39 is 0 Å². The van der Waals surface area contributed by atoms with Crippen LogP contribution in [0.25, 0.3) is 0 Å². The molecule has 1 heteroatoms. The van der Waals surface area contributed by atoms with Gasteiger partial charge in [-0.1, -0.05) is 31.5 Å². The summed E-state index contributed by atoms with van der Waals surface area (Å²) in [6.45, 7) is 6.49. The fourth-order valence-electron chi connectivity index (χ4n) is 1.60. The molecule has 0 nitrogen and oxygen atoms in total. The first-order valence-corrected chi connectivity index (χ1v) is 7.30. The Morgan fingerprint density at radius 3 is 2.47 bits per heavy atom. The third kappa shape index (κ3) is 6.41. The van der Waals surface area contributed by atoms with E-state index in [0.29, 0.717) is 0 Å². The molecule has 0 spiro atoms. The van der Waals surface area contributed by atoms with Gasteiger partial charge in [-0.2, -0.15) is 0 Å². The Balaban J connectivity index is 2.59. The first-order valence-electron chi connectivity index (χ1n) is 6.32. The van der Waals surface area contributed by atoms with Crippen molar-refractivity contribution in [3.63, 3.8) is 0 Å². The van der Waals surface area contributed by atoms with Gasteiger partial charge in [-0.25, -0.2) is 0 Å². The fourth-order valence-corrected chi connectivity index (χ4v) is 2.51. The molecule has 0 N–H and O–H groups in total. The van der Waals surface area contributed by atoms with Gasteiger partial charge in [0, 0.05) is 10.6 Å². The molecule has 0 saturated heterocycles. The Labute approximate surface area is 110 Å². The van der Waals surface area contributed by atoms with E-state index >= 15 is 0 Å². The van der Waals surface area contributed by atoms with Gasteiger partial charge in [-0.15, -0.1) is 17.5 Å². The van der Waals surface area contributed by atoms with Crippen LogP contribution < -0.4 is 0 Å². The number of unbranched alkanes of at least 4 members (excludes halogenated alkanes) is 1. The molecule has 0 saturated carbocycles. The highest BCUT2D eigenvalue weighted by Crippen LogP contribution is 2.22. The fraction of sp³-hybridized carbons (Fsp3) is 0.438. The van der Waals surface area contributed by atoms with E-state index in [2.05, 4.69) is 56.8 Å². The topological polar surface area (TPSA) is 0 Å². The number of hydrogen-bond acceptors (Lipinski definition) is 1. The lowest BCUT2D eigenvalue weighted by Crippen LogP contribution is -1.87. The van der Waals surface area contributed by atoms with Crippen molar-refractivity contribution in [3.8, 4) is 0 Å². The quantitative estimate of drug-likeness (QED) is 0.474. The SMILES string of the molecule is CCCCC(=C=C(C)C)CSc1ccccc1. The van der Waals surface area contributed by atoms with Crippen LogP contribution in [-0.2, 0) is 0 Å². The lowest BCUT2D eigenvalue weighted by atomic mass is 10.1. The van der Waals surface area contributed by atoms with Crippen LogP contribution in [0.15, 0.2) is 52.1 Å². The van der Waals surface area contributed by atoms with Crippen molar-refractivity contribution in [2.75, 3.05) is 5.75 Å². The third-order valence-electron chi connectivity index (χ3n) is 2.42. The van der Waals surface area contributed by atoms with Crippen LogP contribution in [0.1, 0.15) is 40.0 Å². The second kappa shape index (κ2) is 8.22. The molecular formula is C16H22S. The predicted molar refractivity (Wildman–Crippen MR) is 78.6 cm³/mol. The summed E-state index contributed by atoms with van der Waals surface area (Å²) in [5.41, 5.74) is 6.22. The van der Waals surface area contributed by atoms with Crippen molar-refractivity contribution in [2.24, 2.45) is 0 Å². The molecule has 0 amide bonds. The molecule has 1 aromatic carbocycles. The Morgan fingerprint density at radius 2 is 1.88 bits per heavy atom. The largest absolute Gasteiger partial charge is 0.122 e. The van der Waals surface area contributed by atoms with Crippen molar-refractivity contribution >= 4 is 11.8 Å². The molecule has 17 heavy (non-hydrogen) atoms. The normalized spacial score (nSPS) is 9.82. The van der Waals surface area contributed by atoms with Crippen molar-refractivity contribution in [3.05, 3.63) is 47.2 Å². The summed E-state index contributed by atoms with van der Waals surface area (Å²) in [6.07, 6.45) is 3.70. The summed E-state index contributed by atoms with van der Waals surface area (Å²) in [4.78, 5) is 1.34. The number of benzene rings is 1. The zero-order chi connectivity index (χ0) is 12.5. The minimum absolute atomic E-state index is 1.06. The maximum Gasteiger partial charge on any atom is 0.0266 e. The van der Waals surface area contributed by atoms with Crippen LogP contribution in [0, 0.1) is 0 Å². The smallest absolute Gasteiger partial charge is 0.0266 e. The van der Waals surface area contributed by atoms with E-state index in [-0.39, 0.29) is 0 Å². The minimum atomic E-state index is 1.06. The van der Waals surface area contributed by atoms with Crippen LogP contribution in [0.4, 0.5) is 0 Å². The predicted octanol–water partition coefficient (Wildman–Crippen LogP) is 5.46. The first kappa shape index (κ1) is 14.2. The Hall–Kier alpha value is -0.910. The Kier molecular flexibility index (Phi) is 6.84. The molecule has 0 aliphatic rings. The summed E-state index contributed by atoms with van der Waals surface area (Å²) >= 11 is 1.91. The molecule has 0 aliphatic heterocycles. The average Bonchev–Trinajstić information content (AvgIpc) is 2.33. The van der Waals surface area contributed by atoms with Crippen molar-refractivity contribution < 1.29 is 0 Å². The molecule has 1 aromatic rings. The van der Waals surface area contributed by atoms with Gasteiger partial charge in [0.05, 0.1) is 0 Å². The summed E-state index contributed by atoms with van der Waals surface area (Å²) in [5.74, 6) is 1.06.